The fourth-order valence-corrected chi connectivity index (χ4v) is 4.56. The number of pyridine rings is 1. The third-order valence-corrected chi connectivity index (χ3v) is 6.62. The summed E-state index contributed by atoms with van der Waals surface area (Å²) in [4.78, 5) is 50.1. The first-order chi connectivity index (χ1) is 16.9. The summed E-state index contributed by atoms with van der Waals surface area (Å²) < 4.78 is 1.63. The van der Waals surface area contributed by atoms with Crippen LogP contribution in [-0.2, 0) is 24.4 Å². The lowest BCUT2D eigenvalue weighted by molar-refractivity contribution is -0.133. The Bertz CT molecular complexity index is 1270. The first kappa shape index (κ1) is 22.8. The van der Waals surface area contributed by atoms with Crippen LogP contribution in [0.25, 0.3) is 0 Å². The first-order valence-electron chi connectivity index (χ1n) is 11.8. The van der Waals surface area contributed by atoms with E-state index in [1.807, 2.05) is 43.3 Å². The number of aryl methyl sites for hydroxylation is 1. The van der Waals surface area contributed by atoms with Crippen LogP contribution in [0.15, 0.2) is 55.0 Å². The van der Waals surface area contributed by atoms with Crippen molar-refractivity contribution in [1.82, 2.24) is 30.1 Å². The number of amides is 3. The molecule has 1 aromatic carbocycles. The molecular weight excluding hydrogens is 444 g/mol. The van der Waals surface area contributed by atoms with Crippen molar-refractivity contribution >= 4 is 17.7 Å². The number of carbonyl (C=O) groups excluding carboxylic acids is 3. The Morgan fingerprint density at radius 1 is 1.06 bits per heavy atom. The molecule has 2 N–H and O–H groups in total. The Morgan fingerprint density at radius 3 is 2.51 bits per heavy atom. The van der Waals surface area contributed by atoms with Gasteiger partial charge >= 0.3 is 0 Å². The van der Waals surface area contributed by atoms with Gasteiger partial charge < -0.3 is 20.1 Å². The summed E-state index contributed by atoms with van der Waals surface area (Å²) in [5.74, 6) is -1.01. The van der Waals surface area contributed by atoms with Crippen LogP contribution in [0.4, 0.5) is 0 Å². The normalized spacial score (nSPS) is 19.3. The zero-order chi connectivity index (χ0) is 24.6. The van der Waals surface area contributed by atoms with E-state index in [0.29, 0.717) is 12.2 Å². The van der Waals surface area contributed by atoms with Crippen molar-refractivity contribution < 1.29 is 14.4 Å². The van der Waals surface area contributed by atoms with Gasteiger partial charge in [-0.1, -0.05) is 35.9 Å². The highest BCUT2D eigenvalue weighted by Crippen LogP contribution is 2.38. The van der Waals surface area contributed by atoms with E-state index in [2.05, 4.69) is 20.6 Å². The maximum Gasteiger partial charge on any atom is 0.274 e. The maximum absolute atomic E-state index is 13.7. The number of benzene rings is 1. The number of imidazole rings is 1. The minimum Gasteiger partial charge on any atom is -0.350 e. The molecule has 1 unspecified atom stereocenters. The quantitative estimate of drug-likeness (QED) is 0.548. The van der Waals surface area contributed by atoms with Gasteiger partial charge in [-0.15, -0.1) is 0 Å². The van der Waals surface area contributed by atoms with Gasteiger partial charge in [-0.25, -0.2) is 4.98 Å². The topological polar surface area (TPSA) is 109 Å². The molecule has 1 aliphatic heterocycles. The van der Waals surface area contributed by atoms with Crippen molar-refractivity contribution in [3.05, 3.63) is 83.2 Å². The highest BCUT2D eigenvalue weighted by Gasteiger charge is 2.53. The number of hydrogen-bond acceptors (Lipinski definition) is 5. The highest BCUT2D eigenvalue weighted by atomic mass is 16.2. The molecule has 180 valence electrons. The van der Waals surface area contributed by atoms with Crippen molar-refractivity contribution in [2.45, 2.75) is 57.9 Å². The third kappa shape index (κ3) is 4.41. The van der Waals surface area contributed by atoms with Gasteiger partial charge in [0.05, 0.1) is 25.1 Å². The van der Waals surface area contributed by atoms with Gasteiger partial charge in [0.25, 0.3) is 11.8 Å². The first-order valence-corrected chi connectivity index (χ1v) is 11.8. The Kier molecular flexibility index (Phi) is 5.84. The predicted octanol–water partition coefficient (Wildman–Crippen LogP) is 2.21. The van der Waals surface area contributed by atoms with Crippen LogP contribution in [0.1, 0.15) is 57.6 Å². The Balaban J connectivity index is 1.36. The molecule has 2 aliphatic rings. The molecule has 9 heteroatoms. The lowest BCUT2D eigenvalue weighted by Crippen LogP contribution is -2.64. The lowest BCUT2D eigenvalue weighted by Gasteiger charge is -2.44. The van der Waals surface area contributed by atoms with E-state index in [0.717, 1.165) is 24.0 Å². The molecule has 1 fully saturated rings. The standard InChI is InChI=1S/C26H28N6O3/c1-17-6-8-18(9-7-17)13-29-25(35)26(2)15-31-16-30-21(22(31)24(34)32(26)20-10-11-20)23(33)28-14-19-5-3-4-12-27-19/h3-9,12,16,20H,10-11,13-15H2,1-2H3,(H,28,33)(H,29,35). The molecule has 1 aliphatic carbocycles. The molecule has 3 aromatic rings. The van der Waals surface area contributed by atoms with Gasteiger partial charge in [-0.3, -0.25) is 19.4 Å². The summed E-state index contributed by atoms with van der Waals surface area (Å²) in [7, 11) is 0. The number of carbonyl (C=O) groups is 3. The largest absolute Gasteiger partial charge is 0.350 e. The Morgan fingerprint density at radius 2 is 1.83 bits per heavy atom. The van der Waals surface area contributed by atoms with E-state index in [4.69, 9.17) is 0 Å². The SMILES string of the molecule is Cc1ccc(CNC(=O)C2(C)Cn3cnc(C(=O)NCc4ccccn4)c3C(=O)N2C2CC2)cc1. The molecule has 9 nitrogen and oxygen atoms in total. The molecule has 5 rings (SSSR count). The van der Waals surface area contributed by atoms with E-state index in [9.17, 15) is 14.4 Å². The second kappa shape index (κ2) is 8.98. The fraction of sp³-hybridized carbons (Fsp3) is 0.346. The molecular formula is C26H28N6O3. The summed E-state index contributed by atoms with van der Waals surface area (Å²) >= 11 is 0. The third-order valence-electron chi connectivity index (χ3n) is 6.62. The summed E-state index contributed by atoms with van der Waals surface area (Å²) in [6, 6.07) is 13.4. The van der Waals surface area contributed by atoms with Crippen molar-refractivity contribution in [3.63, 3.8) is 0 Å². The number of nitrogens with one attached hydrogen (secondary N) is 2. The minimum absolute atomic E-state index is 0.0225. The fourth-order valence-electron chi connectivity index (χ4n) is 4.56. The van der Waals surface area contributed by atoms with Crippen LogP contribution in [0.3, 0.4) is 0 Å². The van der Waals surface area contributed by atoms with E-state index in [1.165, 1.54) is 6.33 Å². The molecule has 1 saturated carbocycles. The number of fused-ring (bicyclic) bond motifs is 1. The van der Waals surface area contributed by atoms with Gasteiger partial charge in [-0.05, 0) is 44.4 Å². The Hall–Kier alpha value is -4.01. The summed E-state index contributed by atoms with van der Waals surface area (Å²) in [6.45, 7) is 4.63. The zero-order valence-electron chi connectivity index (χ0n) is 19.8. The lowest BCUT2D eigenvalue weighted by atomic mass is 9.93. The van der Waals surface area contributed by atoms with Gasteiger partial charge in [-0.2, -0.15) is 0 Å². The molecule has 3 amide bonds. The van der Waals surface area contributed by atoms with Crippen molar-refractivity contribution in [2.24, 2.45) is 0 Å². The van der Waals surface area contributed by atoms with Gasteiger partial charge in [0.15, 0.2) is 5.69 Å². The van der Waals surface area contributed by atoms with Gasteiger partial charge in [0.1, 0.15) is 11.2 Å². The van der Waals surface area contributed by atoms with Gasteiger partial charge in [0, 0.05) is 18.8 Å². The van der Waals surface area contributed by atoms with Crippen LogP contribution >= 0.6 is 0 Å². The Labute approximate surface area is 203 Å². The zero-order valence-corrected chi connectivity index (χ0v) is 19.8. The van der Waals surface area contributed by atoms with Crippen LogP contribution < -0.4 is 10.6 Å². The number of rotatable bonds is 7. The van der Waals surface area contributed by atoms with Crippen molar-refractivity contribution in [2.75, 3.05) is 0 Å². The smallest absolute Gasteiger partial charge is 0.274 e. The highest BCUT2D eigenvalue weighted by molar-refractivity contribution is 6.07. The van der Waals surface area contributed by atoms with Crippen molar-refractivity contribution in [1.29, 1.82) is 0 Å². The molecule has 0 saturated heterocycles. The summed E-state index contributed by atoms with van der Waals surface area (Å²) in [5.41, 5.74) is 2.05. The summed E-state index contributed by atoms with van der Waals surface area (Å²) in [6.07, 6.45) is 4.80. The second-order valence-electron chi connectivity index (χ2n) is 9.42. The van der Waals surface area contributed by atoms with Crippen molar-refractivity contribution in [3.8, 4) is 0 Å². The monoisotopic (exact) mass is 472 g/mol. The number of nitrogens with zero attached hydrogens (tertiary/aromatic N) is 4. The molecule has 0 spiro atoms. The average molecular weight is 473 g/mol. The second-order valence-corrected chi connectivity index (χ2v) is 9.42. The molecule has 0 bridgehead atoms. The predicted molar refractivity (Wildman–Crippen MR) is 128 cm³/mol. The van der Waals surface area contributed by atoms with E-state index in [1.54, 1.807) is 28.7 Å². The van der Waals surface area contributed by atoms with E-state index < -0.39 is 11.4 Å². The number of aromatic nitrogens is 3. The number of hydrogen-bond donors (Lipinski definition) is 2. The molecule has 0 radical (unpaired) electrons. The van der Waals surface area contributed by atoms with Crippen LogP contribution in [0, 0.1) is 6.92 Å². The summed E-state index contributed by atoms with van der Waals surface area (Å²) in [5, 5.41) is 5.80. The molecule has 1 atom stereocenters. The molecule has 2 aromatic heterocycles. The van der Waals surface area contributed by atoms with Crippen LogP contribution in [-0.4, -0.2) is 48.7 Å². The maximum atomic E-state index is 13.7. The minimum atomic E-state index is -1.08. The van der Waals surface area contributed by atoms with Crippen LogP contribution in [0.2, 0.25) is 0 Å². The molecule has 35 heavy (non-hydrogen) atoms. The average Bonchev–Trinajstić information content (AvgIpc) is 3.60. The van der Waals surface area contributed by atoms with E-state index >= 15 is 0 Å². The van der Waals surface area contributed by atoms with Crippen LogP contribution in [0.5, 0.6) is 0 Å². The van der Waals surface area contributed by atoms with Gasteiger partial charge in [0.2, 0.25) is 5.91 Å². The van der Waals surface area contributed by atoms with E-state index in [-0.39, 0.29) is 42.3 Å². The molecule has 3 heterocycles.